The number of hydrogen-bond acceptors (Lipinski definition) is 5. The van der Waals surface area contributed by atoms with Gasteiger partial charge in [-0.3, -0.25) is 4.79 Å². The minimum atomic E-state index is -0.0677. The first-order chi connectivity index (χ1) is 14.4. The van der Waals surface area contributed by atoms with Crippen molar-refractivity contribution in [1.82, 2.24) is 14.8 Å². The lowest BCUT2D eigenvalue weighted by molar-refractivity contribution is -0.113. The fraction of sp³-hybridized carbons (Fsp3) is 0.348. The number of carbonyl (C=O) groups is 1. The van der Waals surface area contributed by atoms with Crippen molar-refractivity contribution in [3.63, 3.8) is 0 Å². The first kappa shape index (κ1) is 21.9. The third-order valence-electron chi connectivity index (χ3n) is 5.08. The predicted molar refractivity (Wildman–Crippen MR) is 121 cm³/mol. The Balaban J connectivity index is 1.58. The molecule has 3 aromatic rings. The molecular weight excluding hydrogens is 396 g/mol. The zero-order valence-corrected chi connectivity index (χ0v) is 19.0. The van der Waals surface area contributed by atoms with Crippen LogP contribution in [-0.2, 0) is 17.9 Å². The molecule has 158 valence electrons. The van der Waals surface area contributed by atoms with E-state index < -0.39 is 0 Å². The minimum Gasteiger partial charge on any atom is -0.486 e. The smallest absolute Gasteiger partial charge is 0.234 e. The normalized spacial score (nSPS) is 10.8. The fourth-order valence-electron chi connectivity index (χ4n) is 2.95. The molecule has 0 aliphatic rings. The third kappa shape index (κ3) is 5.42. The van der Waals surface area contributed by atoms with E-state index in [0.717, 1.165) is 22.8 Å². The molecule has 0 spiro atoms. The number of hydrogen-bond donors (Lipinski definition) is 1. The number of rotatable bonds is 8. The Kier molecular flexibility index (Phi) is 7.15. The predicted octanol–water partition coefficient (Wildman–Crippen LogP) is 4.84. The summed E-state index contributed by atoms with van der Waals surface area (Å²) in [6, 6.07) is 11.9. The average molecular weight is 425 g/mol. The molecule has 1 amide bonds. The highest BCUT2D eigenvalue weighted by Crippen LogP contribution is 2.21. The third-order valence-corrected chi connectivity index (χ3v) is 6.05. The van der Waals surface area contributed by atoms with E-state index in [0.29, 0.717) is 18.3 Å². The van der Waals surface area contributed by atoms with Gasteiger partial charge < -0.3 is 14.6 Å². The van der Waals surface area contributed by atoms with Crippen molar-refractivity contribution in [2.24, 2.45) is 0 Å². The molecule has 1 N–H and O–H groups in total. The van der Waals surface area contributed by atoms with Gasteiger partial charge in [0.05, 0.1) is 5.75 Å². The molecule has 6 nitrogen and oxygen atoms in total. The molecule has 0 unspecified atom stereocenters. The van der Waals surface area contributed by atoms with E-state index in [1.165, 1.54) is 28.5 Å². The van der Waals surface area contributed by atoms with Crippen LogP contribution in [0, 0.1) is 27.7 Å². The molecule has 0 radical (unpaired) electrons. The monoisotopic (exact) mass is 424 g/mol. The van der Waals surface area contributed by atoms with E-state index in [9.17, 15) is 4.79 Å². The molecule has 0 saturated carbocycles. The Morgan fingerprint density at radius 2 is 1.70 bits per heavy atom. The standard InChI is InChI=1S/C23H28N4O2S/c1-6-27-21(13-29-20-10-8-16(3)18(5)12-20)25-26-23(27)30-14-22(28)24-19-9-7-15(2)17(4)11-19/h7-12H,6,13-14H2,1-5H3,(H,24,28). The van der Waals surface area contributed by atoms with Crippen LogP contribution in [0.5, 0.6) is 5.75 Å². The van der Waals surface area contributed by atoms with Gasteiger partial charge in [0.15, 0.2) is 11.0 Å². The van der Waals surface area contributed by atoms with Crippen molar-refractivity contribution >= 4 is 23.4 Å². The van der Waals surface area contributed by atoms with Gasteiger partial charge in [-0.2, -0.15) is 0 Å². The number of thioether (sulfide) groups is 1. The van der Waals surface area contributed by atoms with E-state index in [-0.39, 0.29) is 11.7 Å². The van der Waals surface area contributed by atoms with Crippen molar-refractivity contribution in [3.8, 4) is 5.75 Å². The summed E-state index contributed by atoms with van der Waals surface area (Å²) in [5, 5.41) is 12.2. The van der Waals surface area contributed by atoms with Gasteiger partial charge in [0, 0.05) is 12.2 Å². The number of ether oxygens (including phenoxy) is 1. The molecule has 30 heavy (non-hydrogen) atoms. The number of aromatic nitrogens is 3. The van der Waals surface area contributed by atoms with E-state index in [2.05, 4.69) is 36.3 Å². The summed E-state index contributed by atoms with van der Waals surface area (Å²) in [6.07, 6.45) is 0. The number of benzene rings is 2. The van der Waals surface area contributed by atoms with Crippen LogP contribution in [0.15, 0.2) is 41.6 Å². The zero-order chi connectivity index (χ0) is 21.7. The zero-order valence-electron chi connectivity index (χ0n) is 18.2. The highest BCUT2D eigenvalue weighted by Gasteiger charge is 2.14. The largest absolute Gasteiger partial charge is 0.486 e. The summed E-state index contributed by atoms with van der Waals surface area (Å²) >= 11 is 1.37. The van der Waals surface area contributed by atoms with Crippen LogP contribution >= 0.6 is 11.8 Å². The second-order valence-corrected chi connectivity index (χ2v) is 8.26. The summed E-state index contributed by atoms with van der Waals surface area (Å²) in [4.78, 5) is 12.3. The van der Waals surface area contributed by atoms with Gasteiger partial charge >= 0.3 is 0 Å². The quantitative estimate of drug-likeness (QED) is 0.524. The lowest BCUT2D eigenvalue weighted by Crippen LogP contribution is -2.15. The van der Waals surface area contributed by atoms with Crippen molar-refractivity contribution in [2.75, 3.05) is 11.1 Å². The van der Waals surface area contributed by atoms with Gasteiger partial charge in [0.1, 0.15) is 12.4 Å². The maximum Gasteiger partial charge on any atom is 0.234 e. The van der Waals surface area contributed by atoms with Crippen molar-refractivity contribution in [1.29, 1.82) is 0 Å². The number of anilines is 1. The summed E-state index contributed by atoms with van der Waals surface area (Å²) in [7, 11) is 0. The number of nitrogens with zero attached hydrogens (tertiary/aromatic N) is 3. The molecule has 7 heteroatoms. The highest BCUT2D eigenvalue weighted by atomic mass is 32.2. The second-order valence-electron chi connectivity index (χ2n) is 7.31. The first-order valence-electron chi connectivity index (χ1n) is 9.99. The van der Waals surface area contributed by atoms with Gasteiger partial charge in [0.2, 0.25) is 5.91 Å². The molecule has 2 aromatic carbocycles. The molecule has 1 aromatic heterocycles. The number of nitrogens with one attached hydrogen (secondary N) is 1. The van der Waals surface area contributed by atoms with Gasteiger partial charge in [-0.15, -0.1) is 10.2 Å². The van der Waals surface area contributed by atoms with Crippen LogP contribution in [0.3, 0.4) is 0 Å². The number of amides is 1. The number of aryl methyl sites for hydroxylation is 4. The maximum absolute atomic E-state index is 12.3. The van der Waals surface area contributed by atoms with E-state index in [1.807, 2.05) is 54.8 Å². The summed E-state index contributed by atoms with van der Waals surface area (Å²) in [5.41, 5.74) is 5.59. The van der Waals surface area contributed by atoms with Gasteiger partial charge in [0.25, 0.3) is 0 Å². The molecule has 0 bridgehead atoms. The Hall–Kier alpha value is -2.80. The van der Waals surface area contributed by atoms with Crippen LogP contribution < -0.4 is 10.1 Å². The molecular formula is C23H28N4O2S. The van der Waals surface area contributed by atoms with Crippen LogP contribution in [0.25, 0.3) is 0 Å². The topological polar surface area (TPSA) is 69.0 Å². The molecule has 0 saturated heterocycles. The Morgan fingerprint density at radius 1 is 1.00 bits per heavy atom. The summed E-state index contributed by atoms with van der Waals surface area (Å²) < 4.78 is 7.88. The average Bonchev–Trinajstić information content (AvgIpc) is 3.12. The van der Waals surface area contributed by atoms with Gasteiger partial charge in [-0.25, -0.2) is 0 Å². The molecule has 0 fully saturated rings. The lowest BCUT2D eigenvalue weighted by atomic mass is 10.1. The highest BCUT2D eigenvalue weighted by molar-refractivity contribution is 7.99. The summed E-state index contributed by atoms with van der Waals surface area (Å²) in [5.74, 6) is 1.75. The number of carbonyl (C=O) groups excluding carboxylic acids is 1. The SMILES string of the molecule is CCn1c(COc2ccc(C)c(C)c2)nnc1SCC(=O)Nc1ccc(C)c(C)c1. The molecule has 0 aliphatic heterocycles. The first-order valence-corrected chi connectivity index (χ1v) is 11.0. The van der Waals surface area contributed by atoms with E-state index >= 15 is 0 Å². The van der Waals surface area contributed by atoms with Crippen LogP contribution in [0.1, 0.15) is 35.0 Å². The minimum absolute atomic E-state index is 0.0677. The maximum atomic E-state index is 12.3. The fourth-order valence-corrected chi connectivity index (χ4v) is 3.77. The van der Waals surface area contributed by atoms with Crippen molar-refractivity contribution in [2.45, 2.75) is 52.9 Å². The second kappa shape index (κ2) is 9.80. The Morgan fingerprint density at radius 3 is 2.37 bits per heavy atom. The van der Waals surface area contributed by atoms with Crippen molar-refractivity contribution in [3.05, 3.63) is 64.5 Å². The Bertz CT molecular complexity index is 1050. The van der Waals surface area contributed by atoms with E-state index in [4.69, 9.17) is 4.74 Å². The van der Waals surface area contributed by atoms with Crippen LogP contribution in [-0.4, -0.2) is 26.4 Å². The molecule has 1 heterocycles. The molecule has 3 rings (SSSR count). The molecule has 0 atom stereocenters. The van der Waals surface area contributed by atoms with E-state index in [1.54, 1.807) is 0 Å². The Labute approximate surface area is 182 Å². The lowest BCUT2D eigenvalue weighted by Gasteiger charge is -2.10. The summed E-state index contributed by atoms with van der Waals surface area (Å²) in [6.45, 7) is 11.3. The van der Waals surface area contributed by atoms with Gasteiger partial charge in [-0.05, 0) is 81.1 Å². The van der Waals surface area contributed by atoms with Crippen LogP contribution in [0.4, 0.5) is 5.69 Å². The molecule has 0 aliphatic carbocycles. The van der Waals surface area contributed by atoms with Crippen LogP contribution in [0.2, 0.25) is 0 Å². The van der Waals surface area contributed by atoms with Gasteiger partial charge in [-0.1, -0.05) is 23.9 Å². The van der Waals surface area contributed by atoms with Crippen molar-refractivity contribution < 1.29 is 9.53 Å².